The summed E-state index contributed by atoms with van der Waals surface area (Å²) in [4.78, 5) is 12.2. The van der Waals surface area contributed by atoms with E-state index < -0.39 is 5.91 Å². The molecule has 0 aliphatic carbocycles. The second-order valence-electron chi connectivity index (χ2n) is 6.70. The maximum Gasteiger partial charge on any atom is 0.262 e. The Bertz CT molecular complexity index is 977. The molecule has 29 heavy (non-hydrogen) atoms. The summed E-state index contributed by atoms with van der Waals surface area (Å²) >= 11 is 3.50. The van der Waals surface area contributed by atoms with Crippen molar-refractivity contribution in [3.05, 3.63) is 81.6 Å². The van der Waals surface area contributed by atoms with Gasteiger partial charge in [0.25, 0.3) is 5.91 Å². The Balaban J connectivity index is 2.33. The molecule has 150 valence electrons. The lowest BCUT2D eigenvalue weighted by atomic mass is 10.0. The average Bonchev–Trinajstić information content (AvgIpc) is 2.65. The molecular formula is C23H22BrFN2O2. The second kappa shape index (κ2) is 10.6. The van der Waals surface area contributed by atoms with E-state index in [4.69, 9.17) is 4.74 Å². The molecular weight excluding hydrogens is 435 g/mol. The van der Waals surface area contributed by atoms with Crippen LogP contribution in [0, 0.1) is 17.1 Å². The van der Waals surface area contributed by atoms with Crippen LogP contribution in [0.4, 0.5) is 4.39 Å². The van der Waals surface area contributed by atoms with Crippen molar-refractivity contribution in [1.82, 2.24) is 5.32 Å². The van der Waals surface area contributed by atoms with E-state index in [1.165, 1.54) is 18.2 Å². The highest BCUT2D eigenvalue weighted by atomic mass is 79.9. The van der Waals surface area contributed by atoms with Crippen LogP contribution in [0.2, 0.25) is 0 Å². The lowest BCUT2D eigenvalue weighted by Gasteiger charge is -2.14. The van der Waals surface area contributed by atoms with Gasteiger partial charge in [0.15, 0.2) is 0 Å². The number of carbonyl (C=O) groups is 1. The molecule has 0 unspecified atom stereocenters. The Kier molecular flexibility index (Phi) is 8.17. The molecule has 2 aromatic carbocycles. The molecule has 0 heterocycles. The molecule has 1 amide bonds. The Labute approximate surface area is 178 Å². The average molecular weight is 457 g/mol. The van der Waals surface area contributed by atoms with Crippen LogP contribution in [-0.2, 0) is 17.8 Å². The molecule has 2 aromatic rings. The Morgan fingerprint density at radius 1 is 1.38 bits per heavy atom. The molecule has 0 atom stereocenters. The molecule has 0 aliphatic heterocycles. The summed E-state index contributed by atoms with van der Waals surface area (Å²) in [7, 11) is 0. The molecule has 0 aliphatic rings. The van der Waals surface area contributed by atoms with Crippen LogP contribution < -0.4 is 10.1 Å². The molecule has 0 fully saturated rings. The third-order valence-corrected chi connectivity index (χ3v) is 4.46. The standard InChI is InChI=1S/C23H22BrFN2O2/c1-4-6-18-9-17(10-19(13-26)23(28)27-15(2)3)12-21(24)22(18)29-14-16-7-5-8-20(25)11-16/h4-5,7-12,15H,1,6,14H2,2-3H3,(H,27,28)/b19-10-. The Morgan fingerprint density at radius 2 is 2.14 bits per heavy atom. The van der Waals surface area contributed by atoms with Gasteiger partial charge in [-0.05, 0) is 83.2 Å². The second-order valence-corrected chi connectivity index (χ2v) is 7.55. The molecule has 1 N–H and O–H groups in total. The van der Waals surface area contributed by atoms with Gasteiger partial charge < -0.3 is 10.1 Å². The van der Waals surface area contributed by atoms with Crippen molar-refractivity contribution in [2.24, 2.45) is 0 Å². The number of hydrogen-bond donors (Lipinski definition) is 1. The van der Waals surface area contributed by atoms with Crippen molar-refractivity contribution < 1.29 is 13.9 Å². The van der Waals surface area contributed by atoms with E-state index in [0.717, 1.165) is 5.56 Å². The van der Waals surface area contributed by atoms with Gasteiger partial charge in [0.1, 0.15) is 29.8 Å². The summed E-state index contributed by atoms with van der Waals surface area (Å²) < 4.78 is 20.0. The number of halogens is 2. The molecule has 4 nitrogen and oxygen atoms in total. The minimum absolute atomic E-state index is 0.0172. The first-order valence-corrected chi connectivity index (χ1v) is 9.86. The number of nitrogens with zero attached hydrogens (tertiary/aromatic N) is 1. The minimum Gasteiger partial charge on any atom is -0.487 e. The molecule has 6 heteroatoms. The van der Waals surface area contributed by atoms with Gasteiger partial charge in [-0.1, -0.05) is 18.2 Å². The molecule has 0 spiro atoms. The summed E-state index contributed by atoms with van der Waals surface area (Å²) in [6.07, 6.45) is 3.80. The van der Waals surface area contributed by atoms with Crippen LogP contribution in [0.5, 0.6) is 5.75 Å². The van der Waals surface area contributed by atoms with Crippen molar-refractivity contribution in [3.63, 3.8) is 0 Å². The molecule has 0 saturated carbocycles. The van der Waals surface area contributed by atoms with Crippen LogP contribution in [-0.4, -0.2) is 11.9 Å². The number of carbonyl (C=O) groups excluding carboxylic acids is 1. The van der Waals surface area contributed by atoms with Crippen LogP contribution in [0.25, 0.3) is 6.08 Å². The highest BCUT2D eigenvalue weighted by Crippen LogP contribution is 2.33. The van der Waals surface area contributed by atoms with Gasteiger partial charge >= 0.3 is 0 Å². The number of hydrogen-bond acceptors (Lipinski definition) is 3. The number of nitrogens with one attached hydrogen (secondary N) is 1. The number of ether oxygens (including phenoxy) is 1. The predicted octanol–water partition coefficient (Wildman–Crippen LogP) is 5.33. The van der Waals surface area contributed by atoms with E-state index in [-0.39, 0.29) is 24.0 Å². The van der Waals surface area contributed by atoms with Gasteiger partial charge in [-0.25, -0.2) is 4.39 Å². The van der Waals surface area contributed by atoms with Crippen LogP contribution in [0.3, 0.4) is 0 Å². The zero-order valence-electron chi connectivity index (χ0n) is 16.3. The van der Waals surface area contributed by atoms with E-state index >= 15 is 0 Å². The van der Waals surface area contributed by atoms with Crippen molar-refractivity contribution in [2.75, 3.05) is 0 Å². The number of amides is 1. The monoisotopic (exact) mass is 456 g/mol. The van der Waals surface area contributed by atoms with Gasteiger partial charge in [-0.3, -0.25) is 4.79 Å². The number of benzene rings is 2. The quantitative estimate of drug-likeness (QED) is 0.331. The predicted molar refractivity (Wildman–Crippen MR) is 116 cm³/mol. The summed E-state index contributed by atoms with van der Waals surface area (Å²) in [5, 5.41) is 12.0. The maximum absolute atomic E-state index is 13.4. The zero-order chi connectivity index (χ0) is 21.4. The number of allylic oxidation sites excluding steroid dienone is 1. The first-order valence-electron chi connectivity index (χ1n) is 9.07. The summed E-state index contributed by atoms with van der Waals surface area (Å²) in [6, 6.07) is 11.7. The zero-order valence-corrected chi connectivity index (χ0v) is 17.9. The fraction of sp³-hybridized carbons (Fsp3) is 0.217. The third kappa shape index (κ3) is 6.58. The largest absolute Gasteiger partial charge is 0.487 e. The first kappa shape index (κ1) is 22.4. The molecule has 0 saturated heterocycles. The summed E-state index contributed by atoms with van der Waals surface area (Å²) in [5.41, 5.74) is 2.24. The van der Waals surface area contributed by atoms with Gasteiger partial charge in [0, 0.05) is 6.04 Å². The van der Waals surface area contributed by atoms with Crippen molar-refractivity contribution >= 4 is 27.9 Å². The Hall–Kier alpha value is -2.91. The van der Waals surface area contributed by atoms with Crippen LogP contribution in [0.1, 0.15) is 30.5 Å². The SMILES string of the molecule is C=CCc1cc(/C=C(/C#N)C(=O)NC(C)C)cc(Br)c1OCc1cccc(F)c1. The van der Waals surface area contributed by atoms with Crippen LogP contribution >= 0.6 is 15.9 Å². The van der Waals surface area contributed by atoms with E-state index in [1.54, 1.807) is 24.3 Å². The molecule has 0 bridgehead atoms. The van der Waals surface area contributed by atoms with Crippen molar-refractivity contribution in [2.45, 2.75) is 32.9 Å². The lowest BCUT2D eigenvalue weighted by Crippen LogP contribution is -2.30. The summed E-state index contributed by atoms with van der Waals surface area (Å²) in [6.45, 7) is 7.64. The van der Waals surface area contributed by atoms with Gasteiger partial charge in [-0.2, -0.15) is 5.26 Å². The molecule has 0 radical (unpaired) electrons. The summed E-state index contributed by atoms with van der Waals surface area (Å²) in [5.74, 6) is -0.132. The van der Waals surface area contributed by atoms with Crippen molar-refractivity contribution in [1.29, 1.82) is 5.26 Å². The highest BCUT2D eigenvalue weighted by Gasteiger charge is 2.14. The van der Waals surface area contributed by atoms with Crippen molar-refractivity contribution in [3.8, 4) is 11.8 Å². The lowest BCUT2D eigenvalue weighted by molar-refractivity contribution is -0.117. The number of nitriles is 1. The normalized spacial score (nSPS) is 11.1. The highest BCUT2D eigenvalue weighted by molar-refractivity contribution is 9.10. The maximum atomic E-state index is 13.4. The smallest absolute Gasteiger partial charge is 0.262 e. The number of rotatable bonds is 8. The van der Waals surface area contributed by atoms with E-state index in [2.05, 4.69) is 27.8 Å². The first-order chi connectivity index (χ1) is 13.8. The fourth-order valence-corrected chi connectivity index (χ4v) is 3.30. The minimum atomic E-state index is -0.421. The van der Waals surface area contributed by atoms with Gasteiger partial charge in [0.05, 0.1) is 4.47 Å². The topological polar surface area (TPSA) is 62.1 Å². The van der Waals surface area contributed by atoms with E-state index in [1.807, 2.05) is 26.0 Å². The van der Waals surface area contributed by atoms with Gasteiger partial charge in [-0.15, -0.1) is 6.58 Å². The molecule has 0 aromatic heterocycles. The third-order valence-electron chi connectivity index (χ3n) is 3.88. The molecule has 2 rings (SSSR count). The Morgan fingerprint density at radius 3 is 2.76 bits per heavy atom. The fourth-order valence-electron chi connectivity index (χ4n) is 2.66. The van der Waals surface area contributed by atoms with E-state index in [9.17, 15) is 14.4 Å². The van der Waals surface area contributed by atoms with E-state index in [0.29, 0.717) is 27.8 Å². The van der Waals surface area contributed by atoms with Gasteiger partial charge in [0.2, 0.25) is 0 Å². The van der Waals surface area contributed by atoms with Crippen LogP contribution in [0.15, 0.2) is 59.1 Å².